The van der Waals surface area contributed by atoms with E-state index in [2.05, 4.69) is 25.2 Å². The SMILES string of the molecule is CCCCCCC/C=C1\C=CCCC1. The first-order valence-corrected chi connectivity index (χ1v) is 6.29. The first-order valence-electron chi connectivity index (χ1n) is 6.29. The van der Waals surface area contributed by atoms with E-state index in [0.717, 1.165) is 0 Å². The summed E-state index contributed by atoms with van der Waals surface area (Å²) in [6.07, 6.45) is 19.3. The molecule has 0 saturated carbocycles. The molecule has 80 valence electrons. The van der Waals surface area contributed by atoms with Crippen molar-refractivity contribution in [1.29, 1.82) is 0 Å². The van der Waals surface area contributed by atoms with Crippen LogP contribution in [-0.2, 0) is 0 Å². The molecule has 0 aromatic heterocycles. The molecule has 0 heterocycles. The van der Waals surface area contributed by atoms with Gasteiger partial charge >= 0.3 is 0 Å². The van der Waals surface area contributed by atoms with Crippen molar-refractivity contribution in [3.05, 3.63) is 23.8 Å². The lowest BCUT2D eigenvalue weighted by Gasteiger charge is -2.06. The van der Waals surface area contributed by atoms with Crippen molar-refractivity contribution >= 4 is 0 Å². The molecule has 1 aliphatic rings. The van der Waals surface area contributed by atoms with Crippen LogP contribution in [-0.4, -0.2) is 0 Å². The van der Waals surface area contributed by atoms with Crippen LogP contribution in [0, 0.1) is 0 Å². The maximum Gasteiger partial charge on any atom is -0.0279 e. The smallest absolute Gasteiger partial charge is 0.0279 e. The van der Waals surface area contributed by atoms with E-state index in [-0.39, 0.29) is 0 Å². The van der Waals surface area contributed by atoms with E-state index in [1.165, 1.54) is 57.8 Å². The maximum atomic E-state index is 2.45. The van der Waals surface area contributed by atoms with E-state index in [1.807, 2.05) is 0 Å². The molecule has 1 aliphatic carbocycles. The molecule has 0 atom stereocenters. The summed E-state index contributed by atoms with van der Waals surface area (Å²) in [5.74, 6) is 0. The van der Waals surface area contributed by atoms with Gasteiger partial charge in [-0.1, -0.05) is 56.4 Å². The number of hydrogen-bond acceptors (Lipinski definition) is 0. The molecule has 0 heteroatoms. The first kappa shape index (κ1) is 11.6. The second kappa shape index (κ2) is 7.84. The van der Waals surface area contributed by atoms with E-state index in [0.29, 0.717) is 0 Å². The lowest BCUT2D eigenvalue weighted by molar-refractivity contribution is 0.636. The van der Waals surface area contributed by atoms with E-state index >= 15 is 0 Å². The van der Waals surface area contributed by atoms with E-state index in [4.69, 9.17) is 0 Å². The molecule has 0 aromatic carbocycles. The molecular formula is C14H24. The first-order chi connectivity index (χ1) is 6.93. The molecule has 0 bridgehead atoms. The van der Waals surface area contributed by atoms with Crippen molar-refractivity contribution in [2.24, 2.45) is 0 Å². The second-order valence-corrected chi connectivity index (χ2v) is 4.28. The highest BCUT2D eigenvalue weighted by atomic mass is 14.0. The third-order valence-electron chi connectivity index (χ3n) is 2.88. The monoisotopic (exact) mass is 192 g/mol. The Labute approximate surface area is 89.1 Å². The van der Waals surface area contributed by atoms with Crippen molar-refractivity contribution in [3.8, 4) is 0 Å². The molecule has 0 radical (unpaired) electrons. The summed E-state index contributed by atoms with van der Waals surface area (Å²) in [6, 6.07) is 0. The summed E-state index contributed by atoms with van der Waals surface area (Å²) in [6.45, 7) is 2.27. The van der Waals surface area contributed by atoms with Crippen molar-refractivity contribution in [2.75, 3.05) is 0 Å². The van der Waals surface area contributed by atoms with Crippen LogP contribution in [0.25, 0.3) is 0 Å². The van der Waals surface area contributed by atoms with Crippen LogP contribution < -0.4 is 0 Å². The molecule has 1 rings (SSSR count). The standard InChI is InChI=1S/C14H24/c1-2-3-4-5-6-8-11-14-12-9-7-10-13-14/h9,11-12H,2-8,10,13H2,1H3/b14-11+. The topological polar surface area (TPSA) is 0 Å². The quantitative estimate of drug-likeness (QED) is 0.519. The van der Waals surface area contributed by atoms with Gasteiger partial charge in [0.25, 0.3) is 0 Å². The average Bonchev–Trinajstić information content (AvgIpc) is 2.25. The summed E-state index contributed by atoms with van der Waals surface area (Å²) in [7, 11) is 0. The Balaban J connectivity index is 2.01. The van der Waals surface area contributed by atoms with Gasteiger partial charge in [0.2, 0.25) is 0 Å². The Morgan fingerprint density at radius 3 is 2.79 bits per heavy atom. The van der Waals surface area contributed by atoms with Gasteiger partial charge in [-0.15, -0.1) is 0 Å². The Morgan fingerprint density at radius 2 is 2.07 bits per heavy atom. The fraction of sp³-hybridized carbons (Fsp3) is 0.714. The molecule has 0 N–H and O–H groups in total. The van der Waals surface area contributed by atoms with Crippen molar-refractivity contribution in [1.82, 2.24) is 0 Å². The summed E-state index contributed by atoms with van der Waals surface area (Å²) in [5, 5.41) is 0. The highest BCUT2D eigenvalue weighted by Crippen LogP contribution is 2.17. The Kier molecular flexibility index (Phi) is 6.47. The molecule has 0 unspecified atom stereocenters. The molecule has 0 spiro atoms. The van der Waals surface area contributed by atoms with Crippen molar-refractivity contribution in [3.63, 3.8) is 0 Å². The highest BCUT2D eigenvalue weighted by Gasteiger charge is 1.97. The fourth-order valence-electron chi connectivity index (χ4n) is 1.95. The van der Waals surface area contributed by atoms with Crippen molar-refractivity contribution in [2.45, 2.75) is 64.7 Å². The van der Waals surface area contributed by atoms with E-state index in [1.54, 1.807) is 5.57 Å². The van der Waals surface area contributed by atoms with Crippen LogP contribution in [0.4, 0.5) is 0 Å². The largest absolute Gasteiger partial charge is 0.0843 e. The number of rotatable bonds is 6. The van der Waals surface area contributed by atoms with Gasteiger partial charge < -0.3 is 0 Å². The third kappa shape index (κ3) is 5.26. The van der Waals surface area contributed by atoms with E-state index in [9.17, 15) is 0 Å². The molecular weight excluding hydrogens is 168 g/mol. The molecule has 0 fully saturated rings. The average molecular weight is 192 g/mol. The second-order valence-electron chi connectivity index (χ2n) is 4.28. The normalized spacial score (nSPS) is 19.1. The third-order valence-corrected chi connectivity index (χ3v) is 2.88. The molecule has 14 heavy (non-hydrogen) atoms. The Morgan fingerprint density at radius 1 is 1.21 bits per heavy atom. The van der Waals surface area contributed by atoms with Crippen LogP contribution in [0.3, 0.4) is 0 Å². The lowest BCUT2D eigenvalue weighted by atomic mass is 10.0. The maximum absolute atomic E-state index is 2.45. The van der Waals surface area contributed by atoms with Gasteiger partial charge in [-0.25, -0.2) is 0 Å². The zero-order chi connectivity index (χ0) is 10.1. The molecule has 0 aromatic rings. The minimum atomic E-state index is 1.29. The highest BCUT2D eigenvalue weighted by molar-refractivity contribution is 5.20. The van der Waals surface area contributed by atoms with Crippen LogP contribution in [0.5, 0.6) is 0 Å². The summed E-state index contributed by atoms with van der Waals surface area (Å²) < 4.78 is 0. The predicted octanol–water partition coefficient (Wildman–Crippen LogP) is 5.01. The minimum absolute atomic E-state index is 1.29. The van der Waals surface area contributed by atoms with E-state index < -0.39 is 0 Å². The van der Waals surface area contributed by atoms with Crippen molar-refractivity contribution < 1.29 is 0 Å². The van der Waals surface area contributed by atoms with Gasteiger partial charge in [0.1, 0.15) is 0 Å². The summed E-state index contributed by atoms with van der Waals surface area (Å²) in [4.78, 5) is 0. The predicted molar refractivity (Wildman–Crippen MR) is 64.5 cm³/mol. The van der Waals surface area contributed by atoms with Crippen LogP contribution in [0.15, 0.2) is 23.8 Å². The minimum Gasteiger partial charge on any atom is -0.0843 e. The fourth-order valence-corrected chi connectivity index (χ4v) is 1.95. The molecule has 0 aliphatic heterocycles. The Hall–Kier alpha value is -0.520. The number of allylic oxidation sites excluding steroid dienone is 4. The molecule has 0 nitrogen and oxygen atoms in total. The van der Waals surface area contributed by atoms with Gasteiger partial charge in [0.15, 0.2) is 0 Å². The number of hydrogen-bond donors (Lipinski definition) is 0. The Bertz CT molecular complexity index is 186. The summed E-state index contributed by atoms with van der Waals surface area (Å²) in [5.41, 5.74) is 1.58. The lowest BCUT2D eigenvalue weighted by Crippen LogP contribution is -1.86. The van der Waals surface area contributed by atoms with Crippen LogP contribution in [0.2, 0.25) is 0 Å². The zero-order valence-electron chi connectivity index (χ0n) is 9.60. The zero-order valence-corrected chi connectivity index (χ0v) is 9.60. The van der Waals surface area contributed by atoms with Gasteiger partial charge in [0.05, 0.1) is 0 Å². The van der Waals surface area contributed by atoms with Gasteiger partial charge in [0, 0.05) is 0 Å². The van der Waals surface area contributed by atoms with Gasteiger partial charge in [-0.05, 0) is 32.1 Å². The molecule has 0 saturated heterocycles. The van der Waals surface area contributed by atoms with Crippen LogP contribution >= 0.6 is 0 Å². The van der Waals surface area contributed by atoms with Crippen LogP contribution in [0.1, 0.15) is 64.7 Å². The summed E-state index contributed by atoms with van der Waals surface area (Å²) >= 11 is 0. The van der Waals surface area contributed by atoms with Gasteiger partial charge in [-0.2, -0.15) is 0 Å². The molecule has 0 amide bonds. The number of unbranched alkanes of at least 4 members (excludes halogenated alkanes) is 5. The van der Waals surface area contributed by atoms with Gasteiger partial charge in [-0.3, -0.25) is 0 Å².